The van der Waals surface area contributed by atoms with Crippen LogP contribution >= 0.6 is 11.5 Å². The Morgan fingerprint density at radius 3 is 2.55 bits per heavy atom. The monoisotopic (exact) mass is 316 g/mol. The van der Waals surface area contributed by atoms with Gasteiger partial charge >= 0.3 is 0 Å². The van der Waals surface area contributed by atoms with Crippen LogP contribution in [0.5, 0.6) is 0 Å². The number of aromatic nitrogens is 5. The SMILES string of the molecule is CCCc1nnsc1-c1nnc(S(N)(=O)=O)n1CCC. The van der Waals surface area contributed by atoms with Crippen molar-refractivity contribution in [3.05, 3.63) is 5.69 Å². The van der Waals surface area contributed by atoms with Gasteiger partial charge in [-0.3, -0.25) is 4.57 Å². The summed E-state index contributed by atoms with van der Waals surface area (Å²) in [7, 11) is -3.90. The maximum atomic E-state index is 11.5. The number of nitrogens with two attached hydrogens (primary N) is 1. The van der Waals surface area contributed by atoms with Crippen molar-refractivity contribution in [1.82, 2.24) is 24.4 Å². The summed E-state index contributed by atoms with van der Waals surface area (Å²) < 4.78 is 28.5. The van der Waals surface area contributed by atoms with Crippen molar-refractivity contribution < 1.29 is 8.42 Å². The van der Waals surface area contributed by atoms with Crippen LogP contribution in [0.1, 0.15) is 32.4 Å². The van der Waals surface area contributed by atoms with E-state index in [4.69, 9.17) is 5.14 Å². The van der Waals surface area contributed by atoms with Gasteiger partial charge in [-0.1, -0.05) is 24.8 Å². The van der Waals surface area contributed by atoms with Gasteiger partial charge in [0.05, 0.1) is 5.69 Å². The van der Waals surface area contributed by atoms with Crippen LogP contribution in [0.3, 0.4) is 0 Å². The summed E-state index contributed by atoms with van der Waals surface area (Å²) in [6.45, 7) is 4.45. The lowest BCUT2D eigenvalue weighted by Gasteiger charge is -2.06. The number of rotatable bonds is 6. The molecule has 0 bridgehead atoms. The summed E-state index contributed by atoms with van der Waals surface area (Å²) in [5.41, 5.74) is 0.809. The predicted molar refractivity (Wildman–Crippen MR) is 74.6 cm³/mol. The first kappa shape index (κ1) is 15.0. The van der Waals surface area contributed by atoms with Gasteiger partial charge in [0.1, 0.15) is 4.88 Å². The molecule has 20 heavy (non-hydrogen) atoms. The average molecular weight is 316 g/mol. The molecule has 0 aliphatic rings. The number of sulfonamides is 1. The van der Waals surface area contributed by atoms with Gasteiger partial charge in [-0.15, -0.1) is 15.3 Å². The van der Waals surface area contributed by atoms with Crippen molar-refractivity contribution in [2.24, 2.45) is 5.14 Å². The zero-order valence-corrected chi connectivity index (χ0v) is 12.9. The van der Waals surface area contributed by atoms with Crippen LogP contribution in [0.15, 0.2) is 5.16 Å². The Labute approximate surface area is 121 Å². The van der Waals surface area contributed by atoms with E-state index < -0.39 is 10.0 Å². The second kappa shape index (κ2) is 5.94. The smallest absolute Gasteiger partial charge is 0.273 e. The summed E-state index contributed by atoms with van der Waals surface area (Å²) in [6, 6.07) is 0. The molecule has 8 nitrogen and oxygen atoms in total. The van der Waals surface area contributed by atoms with Crippen molar-refractivity contribution in [3.8, 4) is 10.7 Å². The second-order valence-corrected chi connectivity index (χ2v) is 6.51. The van der Waals surface area contributed by atoms with Crippen LogP contribution in [0, 0.1) is 0 Å². The Hall–Kier alpha value is -1.39. The molecule has 110 valence electrons. The first-order valence-electron chi connectivity index (χ1n) is 6.26. The molecule has 2 heterocycles. The van der Waals surface area contributed by atoms with E-state index in [0.717, 1.165) is 29.8 Å². The largest absolute Gasteiger partial charge is 0.296 e. The molecular weight excluding hydrogens is 300 g/mol. The van der Waals surface area contributed by atoms with Gasteiger partial charge in [-0.05, 0) is 24.4 Å². The van der Waals surface area contributed by atoms with Crippen LogP contribution in [0.2, 0.25) is 0 Å². The summed E-state index contributed by atoms with van der Waals surface area (Å²) in [4.78, 5) is 0.753. The third-order valence-electron chi connectivity index (χ3n) is 2.66. The molecule has 0 radical (unpaired) electrons. The zero-order chi connectivity index (χ0) is 14.8. The summed E-state index contributed by atoms with van der Waals surface area (Å²) in [5, 5.41) is 16.7. The van der Waals surface area contributed by atoms with Crippen LogP contribution in [0.4, 0.5) is 0 Å². The maximum Gasteiger partial charge on any atom is 0.273 e. The van der Waals surface area contributed by atoms with E-state index in [1.807, 2.05) is 13.8 Å². The molecule has 0 amide bonds. The molecule has 0 fully saturated rings. The maximum absolute atomic E-state index is 11.5. The van der Waals surface area contributed by atoms with E-state index in [1.165, 1.54) is 16.1 Å². The second-order valence-electron chi connectivity index (χ2n) is 4.30. The van der Waals surface area contributed by atoms with Crippen LogP contribution in [-0.4, -0.2) is 32.8 Å². The Bertz CT molecular complexity index is 690. The minimum Gasteiger partial charge on any atom is -0.296 e. The van der Waals surface area contributed by atoms with Crippen LogP contribution in [0.25, 0.3) is 10.7 Å². The third-order valence-corrected chi connectivity index (χ3v) is 4.24. The lowest BCUT2D eigenvalue weighted by atomic mass is 10.2. The number of hydrogen-bond acceptors (Lipinski definition) is 7. The van der Waals surface area contributed by atoms with E-state index in [1.54, 1.807) is 0 Å². The molecule has 0 saturated heterocycles. The van der Waals surface area contributed by atoms with Crippen LogP contribution < -0.4 is 5.14 Å². The molecule has 0 atom stereocenters. The molecule has 10 heteroatoms. The normalized spacial score (nSPS) is 11.9. The number of hydrogen-bond donors (Lipinski definition) is 1. The quantitative estimate of drug-likeness (QED) is 0.842. The van der Waals surface area contributed by atoms with Crippen molar-refractivity contribution in [3.63, 3.8) is 0 Å². The van der Waals surface area contributed by atoms with Crippen LogP contribution in [-0.2, 0) is 23.0 Å². The fourth-order valence-corrected chi connectivity index (χ4v) is 3.21. The molecule has 0 spiro atoms. The molecule has 2 aromatic rings. The summed E-state index contributed by atoms with van der Waals surface area (Å²) in [5.74, 6) is 0.467. The Kier molecular flexibility index (Phi) is 4.45. The molecule has 2 rings (SSSR count). The number of aryl methyl sites for hydroxylation is 1. The first-order valence-corrected chi connectivity index (χ1v) is 8.58. The van der Waals surface area contributed by atoms with E-state index >= 15 is 0 Å². The topological polar surface area (TPSA) is 117 Å². The molecule has 0 aromatic carbocycles. The minimum atomic E-state index is -3.90. The van der Waals surface area contributed by atoms with E-state index in [-0.39, 0.29) is 5.16 Å². The molecule has 0 unspecified atom stereocenters. The van der Waals surface area contributed by atoms with Crippen molar-refractivity contribution in [1.29, 1.82) is 0 Å². The van der Waals surface area contributed by atoms with Gasteiger partial charge in [0, 0.05) is 6.54 Å². The summed E-state index contributed by atoms with van der Waals surface area (Å²) >= 11 is 1.19. The van der Waals surface area contributed by atoms with Crippen molar-refractivity contribution in [2.75, 3.05) is 0 Å². The predicted octanol–water partition coefficient (Wildman–Crippen LogP) is 0.806. The fraction of sp³-hybridized carbons (Fsp3) is 0.600. The highest BCUT2D eigenvalue weighted by molar-refractivity contribution is 7.89. The fourth-order valence-electron chi connectivity index (χ4n) is 1.87. The average Bonchev–Trinajstić information content (AvgIpc) is 2.95. The molecule has 2 aromatic heterocycles. The van der Waals surface area contributed by atoms with Gasteiger partial charge in [-0.2, -0.15) is 0 Å². The minimum absolute atomic E-state index is 0.217. The Morgan fingerprint density at radius 2 is 1.95 bits per heavy atom. The standard InChI is InChI=1S/C10H16N6O2S2/c1-3-5-7-8(19-15-12-7)9-13-14-10(20(11,17)18)16(9)6-4-2/h3-6H2,1-2H3,(H2,11,17,18). The number of nitrogens with zero attached hydrogens (tertiary/aromatic N) is 5. The molecule has 0 aliphatic heterocycles. The highest BCUT2D eigenvalue weighted by Gasteiger charge is 2.24. The Balaban J connectivity index is 2.57. The van der Waals surface area contributed by atoms with Crippen molar-refractivity contribution in [2.45, 2.75) is 44.8 Å². The molecule has 0 aliphatic carbocycles. The molecule has 0 saturated carbocycles. The highest BCUT2D eigenvalue weighted by atomic mass is 32.2. The lowest BCUT2D eigenvalue weighted by molar-refractivity contribution is 0.559. The van der Waals surface area contributed by atoms with Gasteiger partial charge in [0.15, 0.2) is 5.82 Å². The zero-order valence-electron chi connectivity index (χ0n) is 11.3. The van der Waals surface area contributed by atoms with Gasteiger partial charge in [0.2, 0.25) is 0 Å². The van der Waals surface area contributed by atoms with Gasteiger partial charge in [0.25, 0.3) is 15.2 Å². The van der Waals surface area contributed by atoms with E-state index in [9.17, 15) is 8.42 Å². The van der Waals surface area contributed by atoms with Gasteiger partial charge < -0.3 is 0 Å². The molecular formula is C10H16N6O2S2. The Morgan fingerprint density at radius 1 is 1.20 bits per heavy atom. The third kappa shape index (κ3) is 2.86. The van der Waals surface area contributed by atoms with Crippen molar-refractivity contribution >= 4 is 21.6 Å². The lowest BCUT2D eigenvalue weighted by Crippen LogP contribution is -2.19. The first-order chi connectivity index (χ1) is 9.49. The molecule has 2 N–H and O–H groups in total. The summed E-state index contributed by atoms with van der Waals surface area (Å²) in [6.07, 6.45) is 2.42. The number of primary sulfonamides is 1. The van der Waals surface area contributed by atoms with Gasteiger partial charge in [-0.25, -0.2) is 13.6 Å². The van der Waals surface area contributed by atoms with E-state index in [2.05, 4.69) is 19.8 Å². The van der Waals surface area contributed by atoms with E-state index in [0.29, 0.717) is 12.4 Å². The highest BCUT2D eigenvalue weighted by Crippen LogP contribution is 2.27.